The first kappa shape index (κ1) is 14.4. The second-order valence-electron chi connectivity index (χ2n) is 3.62. The molecule has 0 amide bonds. The molecular weight excluding hydrogens is 316 g/mol. The van der Waals surface area contributed by atoms with Crippen LogP contribution in [0.1, 0.15) is 0 Å². The zero-order valence-electron chi connectivity index (χ0n) is 9.34. The molecule has 0 saturated heterocycles. The van der Waals surface area contributed by atoms with E-state index in [0.29, 0.717) is 26.2 Å². The van der Waals surface area contributed by atoms with E-state index < -0.39 is 6.61 Å². The number of alkyl halides is 2. The summed E-state index contributed by atoms with van der Waals surface area (Å²) >= 11 is 18.0. The van der Waals surface area contributed by atoms with Crippen LogP contribution in [0.25, 0.3) is 11.1 Å². The molecule has 0 bridgehead atoms. The van der Waals surface area contributed by atoms with Crippen LogP contribution in [0.15, 0.2) is 36.4 Å². The van der Waals surface area contributed by atoms with Gasteiger partial charge >= 0.3 is 6.61 Å². The third-order valence-electron chi connectivity index (χ3n) is 2.39. The Bertz CT molecular complexity index is 582. The Morgan fingerprint density at radius 2 is 1.58 bits per heavy atom. The van der Waals surface area contributed by atoms with E-state index in [9.17, 15) is 8.78 Å². The lowest BCUT2D eigenvalue weighted by atomic mass is 10.0. The van der Waals surface area contributed by atoms with Crippen molar-refractivity contribution in [1.82, 2.24) is 0 Å². The van der Waals surface area contributed by atoms with Crippen molar-refractivity contribution in [3.63, 3.8) is 0 Å². The van der Waals surface area contributed by atoms with Crippen molar-refractivity contribution in [3.05, 3.63) is 51.5 Å². The van der Waals surface area contributed by atoms with Gasteiger partial charge in [-0.15, -0.1) is 0 Å². The van der Waals surface area contributed by atoms with Crippen LogP contribution in [0, 0.1) is 0 Å². The zero-order chi connectivity index (χ0) is 14.0. The van der Waals surface area contributed by atoms with E-state index in [2.05, 4.69) is 4.74 Å². The minimum absolute atomic E-state index is 0.0330. The fourth-order valence-electron chi connectivity index (χ4n) is 1.65. The number of benzene rings is 2. The van der Waals surface area contributed by atoms with Crippen molar-refractivity contribution >= 4 is 34.8 Å². The van der Waals surface area contributed by atoms with E-state index in [4.69, 9.17) is 34.8 Å². The molecule has 0 fully saturated rings. The number of hydrogen-bond donors (Lipinski definition) is 0. The third kappa shape index (κ3) is 3.30. The molecule has 100 valence electrons. The normalized spacial score (nSPS) is 10.8. The van der Waals surface area contributed by atoms with Crippen LogP contribution in [0.2, 0.25) is 15.1 Å². The molecule has 0 aliphatic rings. The van der Waals surface area contributed by atoms with Gasteiger partial charge in [-0.1, -0.05) is 40.9 Å². The molecule has 0 heterocycles. The van der Waals surface area contributed by atoms with Crippen molar-refractivity contribution in [2.24, 2.45) is 0 Å². The molecule has 0 spiro atoms. The third-order valence-corrected chi connectivity index (χ3v) is 3.25. The van der Waals surface area contributed by atoms with Gasteiger partial charge in [0.15, 0.2) is 0 Å². The smallest absolute Gasteiger partial charge is 0.387 e. The van der Waals surface area contributed by atoms with Crippen LogP contribution in [0.4, 0.5) is 8.78 Å². The van der Waals surface area contributed by atoms with Crippen molar-refractivity contribution in [2.45, 2.75) is 6.61 Å². The molecule has 2 aromatic carbocycles. The quantitative estimate of drug-likeness (QED) is 0.681. The molecular formula is C13H7Cl3F2O. The molecule has 1 nitrogen and oxygen atoms in total. The number of ether oxygens (including phenoxy) is 1. The fraction of sp³-hybridized carbons (Fsp3) is 0.0769. The molecule has 0 aliphatic heterocycles. The van der Waals surface area contributed by atoms with Crippen LogP contribution >= 0.6 is 34.8 Å². The zero-order valence-corrected chi connectivity index (χ0v) is 11.6. The van der Waals surface area contributed by atoms with Gasteiger partial charge < -0.3 is 4.74 Å². The molecule has 0 atom stereocenters. The first-order valence-electron chi connectivity index (χ1n) is 5.18. The van der Waals surface area contributed by atoms with Gasteiger partial charge in [-0.25, -0.2) is 0 Å². The molecule has 0 aromatic heterocycles. The summed E-state index contributed by atoms with van der Waals surface area (Å²) in [5.74, 6) is -0.0330. The monoisotopic (exact) mass is 322 g/mol. The van der Waals surface area contributed by atoms with Crippen molar-refractivity contribution < 1.29 is 13.5 Å². The van der Waals surface area contributed by atoms with E-state index in [0.717, 1.165) is 0 Å². The number of hydrogen-bond acceptors (Lipinski definition) is 1. The highest BCUT2D eigenvalue weighted by Gasteiger charge is 2.16. The van der Waals surface area contributed by atoms with Crippen LogP contribution < -0.4 is 4.74 Å². The van der Waals surface area contributed by atoms with E-state index >= 15 is 0 Å². The molecule has 0 unspecified atom stereocenters. The van der Waals surface area contributed by atoms with E-state index in [1.54, 1.807) is 18.2 Å². The Hall–Kier alpha value is -1.03. The Balaban J connectivity index is 2.63. The second-order valence-corrected chi connectivity index (χ2v) is 4.87. The van der Waals surface area contributed by atoms with E-state index in [1.807, 2.05) is 0 Å². The van der Waals surface area contributed by atoms with Gasteiger partial charge in [0.25, 0.3) is 0 Å². The minimum Gasteiger partial charge on any atom is -0.434 e. The molecule has 0 N–H and O–H groups in total. The Morgan fingerprint density at radius 3 is 2.16 bits per heavy atom. The van der Waals surface area contributed by atoms with Gasteiger partial charge in [0.1, 0.15) is 5.75 Å². The average molecular weight is 324 g/mol. The first-order chi connectivity index (χ1) is 8.99. The molecule has 2 rings (SSSR count). The first-order valence-corrected chi connectivity index (χ1v) is 6.31. The lowest BCUT2D eigenvalue weighted by Crippen LogP contribution is -2.03. The number of halogens is 5. The summed E-state index contributed by atoms with van der Waals surface area (Å²) in [6, 6.07) is 9.15. The van der Waals surface area contributed by atoms with Gasteiger partial charge in [0.2, 0.25) is 0 Å². The van der Waals surface area contributed by atoms with Crippen LogP contribution in [0.5, 0.6) is 5.75 Å². The predicted molar refractivity (Wildman–Crippen MR) is 73.5 cm³/mol. The SMILES string of the molecule is FC(F)Oc1ccc(Cl)cc1-c1c(Cl)cccc1Cl. The Labute approximate surface area is 123 Å². The minimum atomic E-state index is -2.94. The number of rotatable bonds is 3. The van der Waals surface area contributed by atoms with Crippen molar-refractivity contribution in [3.8, 4) is 16.9 Å². The topological polar surface area (TPSA) is 9.23 Å². The van der Waals surface area contributed by atoms with Crippen molar-refractivity contribution in [1.29, 1.82) is 0 Å². The lowest BCUT2D eigenvalue weighted by molar-refractivity contribution is -0.0494. The molecule has 19 heavy (non-hydrogen) atoms. The summed E-state index contributed by atoms with van der Waals surface area (Å²) in [5, 5.41) is 1.02. The van der Waals surface area contributed by atoms with Crippen LogP contribution in [-0.4, -0.2) is 6.61 Å². The summed E-state index contributed by atoms with van der Waals surface area (Å²) in [5.41, 5.74) is 0.729. The Kier molecular flexibility index (Phi) is 4.50. The average Bonchev–Trinajstić information content (AvgIpc) is 2.31. The largest absolute Gasteiger partial charge is 0.434 e. The highest BCUT2D eigenvalue weighted by atomic mass is 35.5. The highest BCUT2D eigenvalue weighted by molar-refractivity contribution is 6.39. The maximum atomic E-state index is 12.4. The molecule has 0 radical (unpaired) electrons. The molecule has 6 heteroatoms. The summed E-state index contributed by atoms with van der Waals surface area (Å²) in [7, 11) is 0. The highest BCUT2D eigenvalue weighted by Crippen LogP contribution is 2.41. The van der Waals surface area contributed by atoms with Crippen LogP contribution in [0.3, 0.4) is 0 Å². The molecule has 0 aliphatic carbocycles. The van der Waals surface area contributed by atoms with Crippen molar-refractivity contribution in [2.75, 3.05) is 0 Å². The summed E-state index contributed by atoms with van der Waals surface area (Å²) < 4.78 is 29.2. The summed E-state index contributed by atoms with van der Waals surface area (Å²) in [6.07, 6.45) is 0. The summed E-state index contributed by atoms with van der Waals surface area (Å²) in [4.78, 5) is 0. The maximum Gasteiger partial charge on any atom is 0.387 e. The predicted octanol–water partition coefficient (Wildman–Crippen LogP) is 5.92. The van der Waals surface area contributed by atoms with E-state index in [-0.39, 0.29) is 5.75 Å². The van der Waals surface area contributed by atoms with E-state index in [1.165, 1.54) is 18.2 Å². The van der Waals surface area contributed by atoms with Crippen LogP contribution in [-0.2, 0) is 0 Å². The standard InChI is InChI=1S/C13H7Cl3F2O/c14-7-4-5-11(19-13(17)18)8(6-7)12-9(15)2-1-3-10(12)16/h1-6,13H. The lowest BCUT2D eigenvalue weighted by Gasteiger charge is -2.13. The molecule has 0 saturated carbocycles. The molecule has 2 aromatic rings. The second kappa shape index (κ2) is 5.95. The fourth-order valence-corrected chi connectivity index (χ4v) is 2.42. The van der Waals surface area contributed by atoms with Gasteiger partial charge in [-0.2, -0.15) is 8.78 Å². The maximum absolute atomic E-state index is 12.4. The van der Waals surface area contributed by atoms with Gasteiger partial charge in [-0.05, 0) is 30.3 Å². The van der Waals surface area contributed by atoms with Gasteiger partial charge in [0, 0.05) is 16.1 Å². The Morgan fingerprint density at radius 1 is 0.947 bits per heavy atom. The van der Waals surface area contributed by atoms with Gasteiger partial charge in [0.05, 0.1) is 10.0 Å². The van der Waals surface area contributed by atoms with Gasteiger partial charge in [-0.3, -0.25) is 0 Å². The summed E-state index contributed by atoms with van der Waals surface area (Å²) in [6.45, 7) is -2.94.